The standard InChI is InChI=1S/C6H12N2OS.C2H6/c1-4-6(8-3-9)5(7)2-10-4;1-2/h3-6H,2,7H2,1H3,(H,8,9);1-2H3. The Morgan fingerprint density at radius 2 is 2.17 bits per heavy atom. The number of nitrogens with one attached hydrogen (secondary N) is 1. The molecule has 0 aromatic carbocycles. The highest BCUT2D eigenvalue weighted by atomic mass is 32.2. The van der Waals surface area contributed by atoms with E-state index in [4.69, 9.17) is 5.73 Å². The number of hydrogen-bond acceptors (Lipinski definition) is 3. The Morgan fingerprint density at radius 3 is 2.50 bits per heavy atom. The second kappa shape index (κ2) is 6.31. The molecule has 4 heteroatoms. The van der Waals surface area contributed by atoms with Crippen LogP contribution in [0.2, 0.25) is 0 Å². The van der Waals surface area contributed by atoms with Gasteiger partial charge in [0.2, 0.25) is 6.41 Å². The highest BCUT2D eigenvalue weighted by molar-refractivity contribution is 8.00. The molecule has 12 heavy (non-hydrogen) atoms. The molecule has 1 aliphatic heterocycles. The van der Waals surface area contributed by atoms with Crippen LogP contribution in [0, 0.1) is 0 Å². The van der Waals surface area contributed by atoms with Crippen molar-refractivity contribution in [1.82, 2.24) is 5.32 Å². The van der Waals surface area contributed by atoms with Crippen LogP contribution in [-0.4, -0.2) is 29.5 Å². The van der Waals surface area contributed by atoms with E-state index in [9.17, 15) is 4.79 Å². The number of carbonyl (C=O) groups is 1. The first kappa shape index (κ1) is 11.8. The average molecular weight is 190 g/mol. The van der Waals surface area contributed by atoms with E-state index in [-0.39, 0.29) is 12.1 Å². The summed E-state index contributed by atoms with van der Waals surface area (Å²) in [5.41, 5.74) is 5.71. The summed E-state index contributed by atoms with van der Waals surface area (Å²) in [6, 6.07) is 0.299. The first-order valence-electron chi connectivity index (χ1n) is 4.32. The van der Waals surface area contributed by atoms with Crippen molar-refractivity contribution in [3.8, 4) is 0 Å². The fraction of sp³-hybridized carbons (Fsp3) is 0.875. The third kappa shape index (κ3) is 3.03. The van der Waals surface area contributed by atoms with Gasteiger partial charge in [0.05, 0.1) is 6.04 Å². The van der Waals surface area contributed by atoms with E-state index in [0.29, 0.717) is 5.25 Å². The number of amides is 1. The zero-order chi connectivity index (χ0) is 9.56. The topological polar surface area (TPSA) is 55.1 Å². The van der Waals surface area contributed by atoms with Crippen molar-refractivity contribution < 1.29 is 4.79 Å². The molecular formula is C8H18N2OS. The molecule has 1 heterocycles. The summed E-state index contributed by atoms with van der Waals surface area (Å²) < 4.78 is 0. The Labute approximate surface area is 78.5 Å². The monoisotopic (exact) mass is 190 g/mol. The van der Waals surface area contributed by atoms with E-state index in [1.165, 1.54) is 0 Å². The normalized spacial score (nSPS) is 33.5. The Kier molecular flexibility index (Phi) is 6.20. The lowest BCUT2D eigenvalue weighted by molar-refractivity contribution is -0.110. The van der Waals surface area contributed by atoms with Gasteiger partial charge in [-0.25, -0.2) is 0 Å². The molecule has 3 atom stereocenters. The molecule has 1 fully saturated rings. The molecule has 72 valence electrons. The van der Waals surface area contributed by atoms with Crippen LogP contribution in [0.4, 0.5) is 0 Å². The van der Waals surface area contributed by atoms with Crippen LogP contribution in [0.25, 0.3) is 0 Å². The van der Waals surface area contributed by atoms with E-state index in [1.807, 2.05) is 13.8 Å². The predicted molar refractivity (Wildman–Crippen MR) is 54.2 cm³/mol. The Hall–Kier alpha value is -0.220. The maximum absolute atomic E-state index is 10.1. The van der Waals surface area contributed by atoms with Gasteiger partial charge in [0.25, 0.3) is 0 Å². The van der Waals surface area contributed by atoms with Gasteiger partial charge < -0.3 is 11.1 Å². The first-order valence-corrected chi connectivity index (χ1v) is 5.37. The van der Waals surface area contributed by atoms with Gasteiger partial charge in [0, 0.05) is 17.0 Å². The molecule has 0 radical (unpaired) electrons. The summed E-state index contributed by atoms with van der Waals surface area (Å²) in [7, 11) is 0. The van der Waals surface area contributed by atoms with E-state index in [0.717, 1.165) is 12.2 Å². The molecule has 0 spiro atoms. The second-order valence-corrected chi connectivity index (χ2v) is 3.92. The zero-order valence-electron chi connectivity index (χ0n) is 7.91. The molecule has 1 saturated heterocycles. The van der Waals surface area contributed by atoms with Gasteiger partial charge in [0.15, 0.2) is 0 Å². The van der Waals surface area contributed by atoms with Crippen molar-refractivity contribution in [2.24, 2.45) is 5.73 Å². The molecule has 1 amide bonds. The summed E-state index contributed by atoms with van der Waals surface area (Å²) in [5.74, 6) is 0.951. The largest absolute Gasteiger partial charge is 0.353 e. The molecule has 1 rings (SSSR count). The van der Waals surface area contributed by atoms with Crippen LogP contribution in [-0.2, 0) is 4.79 Å². The van der Waals surface area contributed by atoms with Crippen LogP contribution in [0.1, 0.15) is 20.8 Å². The van der Waals surface area contributed by atoms with Crippen molar-refractivity contribution in [2.45, 2.75) is 38.1 Å². The second-order valence-electron chi connectivity index (χ2n) is 2.51. The quantitative estimate of drug-likeness (QED) is 0.627. The summed E-state index contributed by atoms with van der Waals surface area (Å²) in [6.45, 7) is 6.08. The predicted octanol–water partition coefficient (Wildman–Crippen LogP) is 0.590. The molecular weight excluding hydrogens is 172 g/mol. The molecule has 0 aliphatic carbocycles. The smallest absolute Gasteiger partial charge is 0.207 e. The van der Waals surface area contributed by atoms with Crippen LogP contribution in [0.15, 0.2) is 0 Å². The fourth-order valence-electron chi connectivity index (χ4n) is 1.16. The first-order chi connectivity index (χ1) is 5.75. The van der Waals surface area contributed by atoms with E-state index >= 15 is 0 Å². The molecule has 3 N–H and O–H groups in total. The highest BCUT2D eigenvalue weighted by Gasteiger charge is 2.30. The number of nitrogens with two attached hydrogens (primary N) is 1. The van der Waals surface area contributed by atoms with Gasteiger partial charge in [-0.05, 0) is 0 Å². The van der Waals surface area contributed by atoms with Gasteiger partial charge in [-0.2, -0.15) is 11.8 Å². The molecule has 0 saturated carbocycles. The van der Waals surface area contributed by atoms with Gasteiger partial charge in [0.1, 0.15) is 0 Å². The van der Waals surface area contributed by atoms with Crippen molar-refractivity contribution >= 4 is 18.2 Å². The molecule has 0 aromatic heterocycles. The minimum Gasteiger partial charge on any atom is -0.353 e. The van der Waals surface area contributed by atoms with Crippen molar-refractivity contribution in [3.05, 3.63) is 0 Å². The number of rotatable bonds is 2. The SMILES string of the molecule is CC.CC1SCC(N)C1NC=O. The summed E-state index contributed by atoms with van der Waals surface area (Å²) in [5, 5.41) is 3.18. The lowest BCUT2D eigenvalue weighted by Crippen LogP contribution is -2.46. The van der Waals surface area contributed by atoms with Gasteiger partial charge in [-0.1, -0.05) is 20.8 Å². The van der Waals surface area contributed by atoms with Crippen LogP contribution in [0.5, 0.6) is 0 Å². The van der Waals surface area contributed by atoms with Gasteiger partial charge in [-0.3, -0.25) is 4.79 Å². The van der Waals surface area contributed by atoms with E-state index in [1.54, 1.807) is 11.8 Å². The molecule has 0 aromatic rings. The number of thioether (sulfide) groups is 1. The third-order valence-electron chi connectivity index (χ3n) is 1.78. The Bertz CT molecular complexity index is 122. The number of carbonyl (C=O) groups excluding carboxylic acids is 1. The summed E-state index contributed by atoms with van der Waals surface area (Å²) in [6.07, 6.45) is 0.729. The maximum Gasteiger partial charge on any atom is 0.207 e. The minimum absolute atomic E-state index is 0.130. The maximum atomic E-state index is 10.1. The van der Waals surface area contributed by atoms with Crippen LogP contribution in [0.3, 0.4) is 0 Å². The minimum atomic E-state index is 0.130. The lowest BCUT2D eigenvalue weighted by Gasteiger charge is -2.16. The summed E-state index contributed by atoms with van der Waals surface area (Å²) in [4.78, 5) is 10.1. The lowest BCUT2D eigenvalue weighted by atomic mass is 10.1. The highest BCUT2D eigenvalue weighted by Crippen LogP contribution is 2.24. The average Bonchev–Trinajstić information content (AvgIpc) is 2.40. The van der Waals surface area contributed by atoms with Crippen molar-refractivity contribution in [3.63, 3.8) is 0 Å². The van der Waals surface area contributed by atoms with E-state index in [2.05, 4.69) is 12.2 Å². The molecule has 1 aliphatic rings. The third-order valence-corrected chi connectivity index (χ3v) is 3.18. The summed E-state index contributed by atoms with van der Waals surface area (Å²) >= 11 is 1.81. The van der Waals surface area contributed by atoms with Gasteiger partial charge >= 0.3 is 0 Å². The van der Waals surface area contributed by atoms with Crippen LogP contribution >= 0.6 is 11.8 Å². The Balaban J connectivity index is 0.000000561. The number of hydrogen-bond donors (Lipinski definition) is 2. The molecule has 0 bridgehead atoms. The zero-order valence-corrected chi connectivity index (χ0v) is 8.73. The van der Waals surface area contributed by atoms with Crippen LogP contribution < -0.4 is 11.1 Å². The van der Waals surface area contributed by atoms with Crippen molar-refractivity contribution in [1.29, 1.82) is 0 Å². The van der Waals surface area contributed by atoms with Gasteiger partial charge in [-0.15, -0.1) is 0 Å². The van der Waals surface area contributed by atoms with Crippen molar-refractivity contribution in [2.75, 3.05) is 5.75 Å². The fourth-order valence-corrected chi connectivity index (χ4v) is 2.38. The molecule has 3 nitrogen and oxygen atoms in total. The van der Waals surface area contributed by atoms with E-state index < -0.39 is 0 Å². The molecule has 3 unspecified atom stereocenters. The Morgan fingerprint density at radius 1 is 1.58 bits per heavy atom.